The van der Waals surface area contributed by atoms with Gasteiger partial charge in [0.1, 0.15) is 11.5 Å². The third-order valence-corrected chi connectivity index (χ3v) is 4.95. The van der Waals surface area contributed by atoms with Crippen molar-refractivity contribution < 1.29 is 13.9 Å². The number of halogens is 1. The number of ether oxygens (including phenoxy) is 1. The number of rotatable bonds is 5. The van der Waals surface area contributed by atoms with Gasteiger partial charge in [-0.3, -0.25) is 4.79 Å². The predicted molar refractivity (Wildman–Crippen MR) is 101 cm³/mol. The summed E-state index contributed by atoms with van der Waals surface area (Å²) >= 11 is 0. The van der Waals surface area contributed by atoms with Gasteiger partial charge >= 0.3 is 0 Å². The first kappa shape index (κ1) is 17.7. The number of aromatic nitrogens is 2. The molecule has 1 atom stereocenters. The number of imidazole rings is 1. The zero-order chi connectivity index (χ0) is 18.8. The predicted octanol–water partition coefficient (Wildman–Crippen LogP) is 3.78. The molecular weight excluding hydrogens is 345 g/mol. The Morgan fingerprint density at radius 1 is 1.26 bits per heavy atom. The summed E-state index contributed by atoms with van der Waals surface area (Å²) in [5, 5.41) is 0. The van der Waals surface area contributed by atoms with Gasteiger partial charge in [-0.2, -0.15) is 0 Å². The van der Waals surface area contributed by atoms with E-state index in [1.165, 1.54) is 12.1 Å². The summed E-state index contributed by atoms with van der Waals surface area (Å²) in [4.78, 5) is 19.3. The minimum absolute atomic E-state index is 0.00747. The van der Waals surface area contributed by atoms with Gasteiger partial charge < -0.3 is 14.0 Å². The Hall–Kier alpha value is -2.73. The van der Waals surface area contributed by atoms with Crippen molar-refractivity contribution in [2.24, 2.45) is 0 Å². The molecule has 1 aliphatic heterocycles. The minimum Gasteiger partial charge on any atom is -0.376 e. The first-order chi connectivity index (χ1) is 13.1. The van der Waals surface area contributed by atoms with Gasteiger partial charge in [-0.25, -0.2) is 9.37 Å². The van der Waals surface area contributed by atoms with E-state index in [1.54, 1.807) is 24.4 Å². The molecule has 1 saturated heterocycles. The Bertz CT molecular complexity index is 946. The maximum atomic E-state index is 13.1. The number of pyridine rings is 1. The van der Waals surface area contributed by atoms with Crippen molar-refractivity contribution in [3.63, 3.8) is 0 Å². The van der Waals surface area contributed by atoms with Crippen molar-refractivity contribution >= 4 is 11.6 Å². The zero-order valence-electron chi connectivity index (χ0n) is 15.3. The van der Waals surface area contributed by atoms with Crippen molar-refractivity contribution in [3.05, 3.63) is 60.2 Å². The van der Waals surface area contributed by atoms with E-state index in [-0.39, 0.29) is 17.8 Å². The highest BCUT2D eigenvalue weighted by atomic mass is 19.1. The highest BCUT2D eigenvalue weighted by Crippen LogP contribution is 2.21. The maximum absolute atomic E-state index is 13.1. The second kappa shape index (κ2) is 7.48. The van der Waals surface area contributed by atoms with E-state index in [0.717, 1.165) is 36.4 Å². The van der Waals surface area contributed by atoms with Crippen molar-refractivity contribution in [2.45, 2.75) is 25.9 Å². The fraction of sp³-hybridized carbons (Fsp3) is 0.333. The van der Waals surface area contributed by atoms with Crippen LogP contribution in [0, 0.1) is 5.82 Å². The van der Waals surface area contributed by atoms with Gasteiger partial charge in [-0.05, 0) is 56.2 Å². The van der Waals surface area contributed by atoms with Crippen LogP contribution in [0.15, 0.2) is 48.8 Å². The number of hydrogen-bond acceptors (Lipinski definition) is 3. The van der Waals surface area contributed by atoms with Crippen LogP contribution in [0.25, 0.3) is 16.9 Å². The molecule has 27 heavy (non-hydrogen) atoms. The van der Waals surface area contributed by atoms with Gasteiger partial charge in [-0.1, -0.05) is 0 Å². The average molecular weight is 367 g/mol. The summed E-state index contributed by atoms with van der Waals surface area (Å²) in [7, 11) is 0. The molecule has 2 aromatic heterocycles. The summed E-state index contributed by atoms with van der Waals surface area (Å²) in [5.41, 5.74) is 2.94. The molecule has 0 radical (unpaired) electrons. The summed E-state index contributed by atoms with van der Waals surface area (Å²) in [5.74, 6) is -0.284. The second-order valence-corrected chi connectivity index (χ2v) is 6.80. The summed E-state index contributed by atoms with van der Waals surface area (Å²) < 4.78 is 20.6. The smallest absolute Gasteiger partial charge is 0.255 e. The molecule has 1 aliphatic rings. The van der Waals surface area contributed by atoms with Crippen LogP contribution >= 0.6 is 0 Å². The molecule has 140 valence electrons. The lowest BCUT2D eigenvalue weighted by Crippen LogP contribution is -2.37. The Balaban J connectivity index is 1.58. The third-order valence-electron chi connectivity index (χ3n) is 4.95. The molecular formula is C21H22FN3O2. The third kappa shape index (κ3) is 3.71. The van der Waals surface area contributed by atoms with Crippen LogP contribution in [0.3, 0.4) is 0 Å². The first-order valence-corrected chi connectivity index (χ1v) is 9.29. The number of amides is 1. The molecule has 0 unspecified atom stereocenters. The summed E-state index contributed by atoms with van der Waals surface area (Å²) in [6.45, 7) is 4.03. The summed E-state index contributed by atoms with van der Waals surface area (Å²) in [6.07, 6.45) is 5.86. The van der Waals surface area contributed by atoms with E-state index in [0.29, 0.717) is 18.7 Å². The molecule has 5 nitrogen and oxygen atoms in total. The van der Waals surface area contributed by atoms with E-state index in [1.807, 2.05) is 28.5 Å². The highest BCUT2D eigenvalue weighted by Gasteiger charge is 2.22. The number of hydrogen-bond donors (Lipinski definition) is 0. The lowest BCUT2D eigenvalue weighted by molar-refractivity contribution is 0.0539. The van der Waals surface area contributed by atoms with E-state index in [4.69, 9.17) is 4.74 Å². The number of benzene rings is 1. The molecule has 0 bridgehead atoms. The van der Waals surface area contributed by atoms with Crippen LogP contribution in [0.2, 0.25) is 0 Å². The second-order valence-electron chi connectivity index (χ2n) is 6.80. The Labute approximate surface area is 157 Å². The van der Waals surface area contributed by atoms with Crippen LogP contribution in [-0.2, 0) is 4.74 Å². The molecule has 0 saturated carbocycles. The van der Waals surface area contributed by atoms with Gasteiger partial charge in [0, 0.05) is 37.7 Å². The molecule has 0 N–H and O–H groups in total. The highest BCUT2D eigenvalue weighted by molar-refractivity contribution is 5.94. The Morgan fingerprint density at radius 2 is 2.07 bits per heavy atom. The van der Waals surface area contributed by atoms with Crippen molar-refractivity contribution in [3.8, 4) is 11.3 Å². The number of nitrogens with zero attached hydrogens (tertiary/aromatic N) is 3. The van der Waals surface area contributed by atoms with E-state index < -0.39 is 0 Å². The fourth-order valence-corrected chi connectivity index (χ4v) is 3.45. The molecule has 0 spiro atoms. The van der Waals surface area contributed by atoms with Crippen LogP contribution in [0.1, 0.15) is 30.1 Å². The number of likely N-dealkylation sites (N-methyl/N-ethyl adjacent to an activating group) is 1. The molecule has 3 aromatic rings. The Kier molecular flexibility index (Phi) is 4.90. The number of carbonyl (C=O) groups is 1. The van der Waals surface area contributed by atoms with Crippen LogP contribution in [-0.4, -0.2) is 46.0 Å². The van der Waals surface area contributed by atoms with Crippen molar-refractivity contribution in [2.75, 3.05) is 19.7 Å². The van der Waals surface area contributed by atoms with Crippen LogP contribution < -0.4 is 0 Å². The average Bonchev–Trinajstić information content (AvgIpc) is 3.35. The van der Waals surface area contributed by atoms with E-state index in [2.05, 4.69) is 4.98 Å². The van der Waals surface area contributed by atoms with E-state index in [9.17, 15) is 9.18 Å². The van der Waals surface area contributed by atoms with Gasteiger partial charge in [0.05, 0.1) is 17.4 Å². The maximum Gasteiger partial charge on any atom is 0.255 e. The quantitative estimate of drug-likeness (QED) is 0.689. The van der Waals surface area contributed by atoms with Crippen LogP contribution in [0.5, 0.6) is 0 Å². The van der Waals surface area contributed by atoms with Gasteiger partial charge in [0.2, 0.25) is 0 Å². The Morgan fingerprint density at radius 3 is 2.78 bits per heavy atom. The molecule has 0 aliphatic carbocycles. The monoisotopic (exact) mass is 367 g/mol. The van der Waals surface area contributed by atoms with Gasteiger partial charge in [0.15, 0.2) is 0 Å². The van der Waals surface area contributed by atoms with Gasteiger partial charge in [-0.15, -0.1) is 0 Å². The largest absolute Gasteiger partial charge is 0.376 e. The zero-order valence-corrected chi connectivity index (χ0v) is 15.3. The molecule has 1 fully saturated rings. The fourth-order valence-electron chi connectivity index (χ4n) is 3.45. The molecule has 1 aromatic carbocycles. The lowest BCUT2D eigenvalue weighted by Gasteiger charge is -2.24. The standard InChI is InChI=1S/C21H22FN3O2/c1-2-24(13-18-4-3-11-27-18)21(26)16-7-10-20-23-19(14-25(20)12-16)15-5-8-17(22)9-6-15/h5-10,12,14,18H,2-4,11,13H2,1H3/t18-/m0/s1. The minimum atomic E-state index is -0.277. The normalized spacial score (nSPS) is 16.7. The molecule has 4 rings (SSSR count). The van der Waals surface area contributed by atoms with Crippen molar-refractivity contribution in [1.82, 2.24) is 14.3 Å². The summed E-state index contributed by atoms with van der Waals surface area (Å²) in [6, 6.07) is 9.86. The lowest BCUT2D eigenvalue weighted by atomic mass is 10.2. The van der Waals surface area contributed by atoms with Crippen LogP contribution in [0.4, 0.5) is 4.39 Å². The SMILES string of the molecule is CCN(C[C@@H]1CCCO1)C(=O)c1ccc2nc(-c3ccc(F)cc3)cn2c1. The molecule has 6 heteroatoms. The number of carbonyl (C=O) groups excluding carboxylic acids is 1. The van der Waals surface area contributed by atoms with Gasteiger partial charge in [0.25, 0.3) is 5.91 Å². The molecule has 1 amide bonds. The molecule has 3 heterocycles. The van der Waals surface area contributed by atoms with Crippen molar-refractivity contribution in [1.29, 1.82) is 0 Å². The van der Waals surface area contributed by atoms with E-state index >= 15 is 0 Å². The first-order valence-electron chi connectivity index (χ1n) is 9.29. The topological polar surface area (TPSA) is 46.8 Å². The number of fused-ring (bicyclic) bond motifs is 1.